The van der Waals surface area contributed by atoms with Crippen LogP contribution in [0.25, 0.3) is 45.6 Å². The first-order chi connectivity index (χ1) is 60.8. The van der Waals surface area contributed by atoms with E-state index in [2.05, 4.69) is 66.3 Å². The van der Waals surface area contributed by atoms with E-state index in [9.17, 15) is 29.7 Å². The zero-order valence-corrected chi connectivity index (χ0v) is 80.2. The molecular weight excluding hydrogens is 1890 g/mol. The molecule has 15 aromatic rings. The minimum Gasteiger partial charge on any atom is -1.00 e. The fourth-order valence-corrected chi connectivity index (χ4v) is 12.8. The first-order valence-electron chi connectivity index (χ1n) is 38.0. The maximum atomic E-state index is 12.5. The first-order valence-corrected chi connectivity index (χ1v) is 40.4. The molecule has 4 atom stereocenters. The number of nitrogens with two attached hydrogens (primary N) is 1. The molecule has 35 heteroatoms. The molecule has 0 saturated carbocycles. The fourth-order valence-electron chi connectivity index (χ4n) is 11.6. The van der Waals surface area contributed by atoms with Crippen LogP contribution < -0.4 is 123 Å². The van der Waals surface area contributed by atoms with Crippen molar-refractivity contribution in [1.29, 1.82) is 0 Å². The summed E-state index contributed by atoms with van der Waals surface area (Å²) in [5.74, 6) is 1.10. The van der Waals surface area contributed by atoms with Crippen molar-refractivity contribution in [3.8, 4) is 68.6 Å². The summed E-state index contributed by atoms with van der Waals surface area (Å²) in [7, 11) is 4.39. The van der Waals surface area contributed by atoms with Gasteiger partial charge in [0.25, 0.3) is 12.4 Å². The molecule has 686 valence electrons. The third-order valence-electron chi connectivity index (χ3n) is 17.7. The minimum absolute atomic E-state index is 0. The van der Waals surface area contributed by atoms with Crippen molar-refractivity contribution in [1.82, 2.24) is 54.5 Å². The van der Waals surface area contributed by atoms with E-state index in [1.165, 1.54) is 32.2 Å². The molecule has 0 radical (unpaired) electrons. The molecule has 132 heavy (non-hydrogen) atoms. The zero-order valence-electron chi connectivity index (χ0n) is 70.3. The third kappa shape index (κ3) is 38.1. The predicted molar refractivity (Wildman–Crippen MR) is 508 cm³/mol. The molecule has 5 heterocycles. The van der Waals surface area contributed by atoms with E-state index in [4.69, 9.17) is 90.3 Å². The second kappa shape index (κ2) is 64.6. The third-order valence-corrected chi connectivity index (χ3v) is 19.5. The van der Waals surface area contributed by atoms with Gasteiger partial charge in [-0.15, -0.1) is 40.8 Å². The van der Waals surface area contributed by atoms with Crippen LogP contribution in [0.1, 0.15) is 107 Å². The van der Waals surface area contributed by atoms with Crippen molar-refractivity contribution in [2.24, 2.45) is 5.73 Å². The van der Waals surface area contributed by atoms with Gasteiger partial charge in [-0.2, -0.15) is 0 Å². The molecule has 1 fully saturated rings. The molecule has 4 aromatic heterocycles. The number of halogens is 5. The molecule has 11 aromatic carbocycles. The maximum Gasteiger partial charge on any atom is 1.00 e. The first kappa shape index (κ1) is 118. The van der Waals surface area contributed by atoms with E-state index in [1.54, 1.807) is 117 Å². The topological polar surface area (TPSA) is 374 Å². The number of hydrogen-bond acceptors (Lipinski definition) is 24. The van der Waals surface area contributed by atoms with Crippen LogP contribution >= 0.6 is 62.3 Å². The van der Waals surface area contributed by atoms with Crippen LogP contribution in [0.15, 0.2) is 315 Å². The summed E-state index contributed by atoms with van der Waals surface area (Å²) >= 11 is 27.5. The largest absolute Gasteiger partial charge is 1.00 e. The number of phenolic OH excluding ortho intramolecular Hbond substituents is 2. The van der Waals surface area contributed by atoms with E-state index in [0.29, 0.717) is 109 Å². The molecule has 0 bridgehead atoms. The van der Waals surface area contributed by atoms with Crippen molar-refractivity contribution >= 4 is 86.7 Å². The SMILES string of the molecule is C.C.C.C.C.COC(=O)C(Br)c1ccccc1.COC(=O)C(Oc1ccc(Cl)cc1-c1nncn1Cc1ccccc1)c1ccccc1.COC1CCCO1.NCc1ccccc1.O=C(O)C(Oc1ccc(Cl)cc1-c1nncn1Cc1ccccc1)c1ccccc1.O=CO[O-].Oc1ccc(Cl)cc1-c1nncn1Cc1ccccc1.Oc1ccc(Cl)cc1-c1nnco1.[H-].[K+].[K+]. The normalized spacial score (nSPS) is 11.5. The number of alkyl halides is 1. The molecule has 0 aliphatic carbocycles. The number of carbonyl (C=O) groups excluding carboxylic acids is 3. The van der Waals surface area contributed by atoms with Crippen molar-refractivity contribution in [3.63, 3.8) is 0 Å². The Labute approximate surface area is 884 Å². The van der Waals surface area contributed by atoms with Crippen LogP contribution in [0.2, 0.25) is 20.1 Å². The van der Waals surface area contributed by atoms with Gasteiger partial charge in [0.05, 0.1) is 56.1 Å². The quantitative estimate of drug-likeness (QED) is 0.0115. The predicted octanol–water partition coefficient (Wildman–Crippen LogP) is 15.2. The maximum absolute atomic E-state index is 12.5. The van der Waals surface area contributed by atoms with Crippen LogP contribution in [0.5, 0.6) is 23.0 Å². The number of carboxylic acids is 1. The average Bonchev–Trinajstić information content (AvgIpc) is 1.74. The van der Waals surface area contributed by atoms with Gasteiger partial charge in [0.1, 0.15) is 46.8 Å². The number of carbonyl (C=O) groups is 4. The summed E-state index contributed by atoms with van der Waals surface area (Å²) in [4.78, 5) is 46.3. The Hall–Kier alpha value is -10.2. The molecule has 1 aliphatic rings. The van der Waals surface area contributed by atoms with E-state index < -0.39 is 24.1 Å². The summed E-state index contributed by atoms with van der Waals surface area (Å²) in [5, 5.41) is 71.4. The molecule has 1 saturated heterocycles. The molecule has 16 rings (SSSR count). The number of esters is 2. The van der Waals surface area contributed by atoms with Crippen LogP contribution in [-0.2, 0) is 69.2 Å². The minimum atomic E-state index is -1.17. The Balaban J connectivity index is 0.000000803. The van der Waals surface area contributed by atoms with Gasteiger partial charge >= 0.3 is 121 Å². The molecule has 4 unspecified atom stereocenters. The molecule has 0 spiro atoms. The number of aliphatic carboxylic acids is 1. The number of rotatable bonds is 23. The van der Waals surface area contributed by atoms with Crippen molar-refractivity contribution < 1.29 is 182 Å². The van der Waals surface area contributed by atoms with Crippen molar-refractivity contribution in [2.45, 2.75) is 99.5 Å². The van der Waals surface area contributed by atoms with Gasteiger partial charge < -0.3 is 79.2 Å². The molecular formula is C97H105BrCl4K2N12O16. The molecule has 5 N–H and O–H groups in total. The van der Waals surface area contributed by atoms with Gasteiger partial charge in [0.2, 0.25) is 18.6 Å². The Morgan fingerprint density at radius 1 is 0.485 bits per heavy atom. The number of aromatic nitrogens is 11. The summed E-state index contributed by atoms with van der Waals surface area (Å²) in [6.07, 6.45) is 6.32. The Kier molecular flexibility index (Phi) is 57.7. The fraction of sp³-hybridized carbons (Fsp3) is 0.196. The van der Waals surface area contributed by atoms with E-state index in [-0.39, 0.29) is 182 Å². The molecule has 28 nitrogen and oxygen atoms in total. The molecule has 1 aliphatic heterocycles. The van der Waals surface area contributed by atoms with Crippen LogP contribution in [-0.4, -0.2) is 128 Å². The van der Waals surface area contributed by atoms with Crippen molar-refractivity contribution in [3.05, 3.63) is 370 Å². The van der Waals surface area contributed by atoms with Crippen molar-refractivity contribution in [2.75, 3.05) is 27.9 Å². The summed E-state index contributed by atoms with van der Waals surface area (Å²) in [5.41, 5.74) is 14.2. The van der Waals surface area contributed by atoms with Crippen LogP contribution in [0.4, 0.5) is 0 Å². The smallest absolute Gasteiger partial charge is 1.00 e. The van der Waals surface area contributed by atoms with E-state index in [1.807, 2.05) is 202 Å². The second-order valence-corrected chi connectivity index (χ2v) is 28.8. The van der Waals surface area contributed by atoms with E-state index in [0.717, 1.165) is 41.7 Å². The number of carboxylic acid groups (broad SMARTS) is 1. The van der Waals surface area contributed by atoms with Gasteiger partial charge in [-0.3, -0.25) is 9.59 Å². The second-order valence-electron chi connectivity index (χ2n) is 26.2. The number of phenols is 2. The number of methoxy groups -OCH3 is 3. The van der Waals surface area contributed by atoms with Crippen LogP contribution in [0, 0.1) is 0 Å². The zero-order chi connectivity index (χ0) is 89.1. The number of hydrogen-bond donors (Lipinski definition) is 4. The monoisotopic (exact) mass is 1990 g/mol. The Morgan fingerprint density at radius 3 is 1.16 bits per heavy atom. The summed E-state index contributed by atoms with van der Waals surface area (Å²) in [6, 6.07) is 86.9. The standard InChI is InChI=1S/C24H20ClN3O3.C23H18ClN3O3.C15H12ClN3O.C9H9BrO2.C8H5ClN2O2.C7H9N.C5H10O2.CH2O3.5CH4.2K.H/c1-30-24(29)22(18-10-6-3-7-11-18)31-21-13-12-19(25)14-20(21)23-27-26-16-28(23)15-17-8-4-2-5-9-17;24-18-11-12-20(30-21(23(28)29)17-9-5-2-6-10-17)19(13-18)22-26-25-15-27(22)14-16-7-3-1-4-8-16;16-12-6-7-14(20)13(8-12)15-18-17-10-19(15)9-11-4-2-1-3-5-11;1-12-9(11)8(10)7-5-3-2-4-6-7;9-5-1-2-7(12)6(3-5)8-11-10-4-13-8;8-6-7-4-2-1-3-5-7;1-6-5-3-2-4-7-5;2-1-4-3;;;;;;;;/h2-14,16,22H,15H2,1H3;1-13,15,21H,14H2,(H,28,29);1-8,10,20H,9H2;2-6,8H,1H3;1-4,12H;1-5H,6,8H2;5H,2-4H2,1H3;1,3H;5*1H4;;;/q;;;;;;;;;;;;;2*+1;-1/p-1. The number of aromatic hydroxyl groups is 2. The van der Waals surface area contributed by atoms with Gasteiger partial charge in [-0.25, -0.2) is 9.59 Å². The summed E-state index contributed by atoms with van der Waals surface area (Å²) in [6.45, 7) is 3.10. The van der Waals surface area contributed by atoms with E-state index >= 15 is 0 Å². The Morgan fingerprint density at radius 2 is 0.826 bits per heavy atom. The Bertz CT molecular complexity index is 5750. The summed E-state index contributed by atoms with van der Waals surface area (Å²) < 4.78 is 42.2. The van der Waals surface area contributed by atoms with Crippen LogP contribution in [0.3, 0.4) is 0 Å². The number of ether oxygens (including phenoxy) is 6. The molecule has 0 amide bonds. The van der Waals surface area contributed by atoms with Gasteiger partial charge in [-0.1, -0.05) is 312 Å². The van der Waals surface area contributed by atoms with Gasteiger partial charge in [-0.05, 0) is 107 Å². The number of benzene rings is 11. The van der Waals surface area contributed by atoms with Gasteiger partial charge in [0.15, 0.2) is 23.8 Å². The van der Waals surface area contributed by atoms with Gasteiger partial charge in [0, 0.05) is 57.9 Å². The number of nitrogens with zero attached hydrogens (tertiary/aromatic N) is 11. The average molecular weight is 1990 g/mol.